The predicted octanol–water partition coefficient (Wildman–Crippen LogP) is 2.48. The van der Waals surface area contributed by atoms with Gasteiger partial charge in [0.2, 0.25) is 0 Å². The topological polar surface area (TPSA) is 78.4 Å². The smallest absolute Gasteiger partial charge is 0.391 e. The summed E-state index contributed by atoms with van der Waals surface area (Å²) in [6.45, 7) is 6.65. The Morgan fingerprint density at radius 3 is 2.25 bits per heavy atom. The van der Waals surface area contributed by atoms with Gasteiger partial charge >= 0.3 is 18.0 Å². The van der Waals surface area contributed by atoms with Gasteiger partial charge in [0.25, 0.3) is 0 Å². The maximum atomic E-state index is 12.7. The van der Waals surface area contributed by atoms with Gasteiger partial charge in [-0.05, 0) is 30.0 Å². The Morgan fingerprint density at radius 2 is 1.75 bits per heavy atom. The molecule has 0 fully saturated rings. The molecule has 0 aliphatic heterocycles. The summed E-state index contributed by atoms with van der Waals surface area (Å²) in [7, 11) is 0. The number of aryl methyl sites for hydroxylation is 1. The molecule has 0 aliphatic rings. The number of amides is 2. The molecule has 0 saturated heterocycles. The van der Waals surface area contributed by atoms with Crippen LogP contribution in [-0.4, -0.2) is 29.6 Å². The van der Waals surface area contributed by atoms with Crippen molar-refractivity contribution in [1.82, 2.24) is 5.32 Å². The van der Waals surface area contributed by atoms with E-state index in [1.54, 1.807) is 20.8 Å². The minimum Gasteiger partial charge on any atom is -0.391 e. The van der Waals surface area contributed by atoms with Gasteiger partial charge in [0.15, 0.2) is 0 Å². The maximum absolute atomic E-state index is 12.7. The van der Waals surface area contributed by atoms with Crippen LogP contribution in [0.4, 0.5) is 18.9 Å². The Balaban J connectivity index is 2.76. The first-order valence-electron chi connectivity index (χ1n) is 7.27. The molecule has 0 aromatic heterocycles. The van der Waals surface area contributed by atoms with Crippen molar-refractivity contribution in [1.29, 1.82) is 0 Å². The highest BCUT2D eigenvalue weighted by molar-refractivity contribution is 6.39. The summed E-state index contributed by atoms with van der Waals surface area (Å²) in [6, 6.07) is 2.87. The third-order valence-corrected chi connectivity index (χ3v) is 3.47. The van der Waals surface area contributed by atoms with Crippen molar-refractivity contribution >= 4 is 17.5 Å². The molecule has 0 heterocycles. The highest BCUT2D eigenvalue weighted by Crippen LogP contribution is 2.32. The molecule has 24 heavy (non-hydrogen) atoms. The second-order valence-electron chi connectivity index (χ2n) is 6.57. The molecule has 0 bridgehead atoms. The second-order valence-corrected chi connectivity index (χ2v) is 6.57. The first kappa shape index (κ1) is 20.0. The molecule has 3 N–H and O–H groups in total. The number of anilines is 1. The van der Waals surface area contributed by atoms with Crippen LogP contribution in [0, 0.1) is 12.3 Å². The molecule has 1 atom stereocenters. The monoisotopic (exact) mass is 346 g/mol. The first-order chi connectivity index (χ1) is 10.8. The Labute approximate surface area is 138 Å². The summed E-state index contributed by atoms with van der Waals surface area (Å²) in [5.74, 6) is -2.13. The Kier molecular flexibility index (Phi) is 5.99. The van der Waals surface area contributed by atoms with E-state index in [4.69, 9.17) is 0 Å². The third-order valence-electron chi connectivity index (χ3n) is 3.47. The highest BCUT2D eigenvalue weighted by Gasteiger charge is 2.31. The van der Waals surface area contributed by atoms with Crippen molar-refractivity contribution in [2.24, 2.45) is 5.41 Å². The molecule has 134 valence electrons. The highest BCUT2D eigenvalue weighted by atomic mass is 19.4. The SMILES string of the molecule is Cc1ccc(C(F)(F)F)cc1NC(=O)C(=O)NCC(O)C(C)(C)C. The molecule has 5 nitrogen and oxygen atoms in total. The van der Waals surface area contributed by atoms with Crippen LogP contribution in [0.15, 0.2) is 18.2 Å². The van der Waals surface area contributed by atoms with E-state index < -0.39 is 35.1 Å². The summed E-state index contributed by atoms with van der Waals surface area (Å²) in [6.07, 6.45) is -5.42. The lowest BCUT2D eigenvalue weighted by atomic mass is 9.89. The number of hydrogen-bond donors (Lipinski definition) is 3. The van der Waals surface area contributed by atoms with Crippen molar-refractivity contribution < 1.29 is 27.9 Å². The first-order valence-corrected chi connectivity index (χ1v) is 7.27. The van der Waals surface area contributed by atoms with Gasteiger partial charge in [-0.2, -0.15) is 13.2 Å². The van der Waals surface area contributed by atoms with Crippen LogP contribution in [0.3, 0.4) is 0 Å². The van der Waals surface area contributed by atoms with Gasteiger partial charge < -0.3 is 15.7 Å². The fourth-order valence-corrected chi connectivity index (χ4v) is 1.69. The van der Waals surface area contributed by atoms with Crippen molar-refractivity contribution in [2.75, 3.05) is 11.9 Å². The van der Waals surface area contributed by atoms with E-state index in [-0.39, 0.29) is 12.2 Å². The molecule has 0 spiro atoms. The number of carbonyl (C=O) groups excluding carboxylic acids is 2. The van der Waals surface area contributed by atoms with Crippen molar-refractivity contribution in [3.63, 3.8) is 0 Å². The lowest BCUT2D eigenvalue weighted by Gasteiger charge is -2.25. The van der Waals surface area contributed by atoms with Gasteiger partial charge in [-0.15, -0.1) is 0 Å². The van der Waals surface area contributed by atoms with Gasteiger partial charge in [0, 0.05) is 12.2 Å². The molecule has 0 radical (unpaired) electrons. The zero-order chi connectivity index (χ0) is 18.7. The van der Waals surface area contributed by atoms with Crippen LogP contribution in [0.1, 0.15) is 31.9 Å². The summed E-state index contributed by atoms with van der Waals surface area (Å²) in [5.41, 5.74) is -1.12. The average molecular weight is 346 g/mol. The molecule has 1 unspecified atom stereocenters. The van der Waals surface area contributed by atoms with Gasteiger partial charge in [0.05, 0.1) is 11.7 Å². The summed E-state index contributed by atoms with van der Waals surface area (Å²) < 4.78 is 38.1. The number of aliphatic hydroxyl groups excluding tert-OH is 1. The number of benzene rings is 1. The maximum Gasteiger partial charge on any atom is 0.416 e. The van der Waals surface area contributed by atoms with Crippen molar-refractivity contribution in [3.05, 3.63) is 29.3 Å². The Hall–Kier alpha value is -2.09. The van der Waals surface area contributed by atoms with Crippen molar-refractivity contribution in [3.8, 4) is 0 Å². The largest absolute Gasteiger partial charge is 0.416 e. The van der Waals surface area contributed by atoms with E-state index in [1.165, 1.54) is 13.0 Å². The van der Waals surface area contributed by atoms with Crippen LogP contribution in [-0.2, 0) is 15.8 Å². The summed E-state index contributed by atoms with van der Waals surface area (Å²) in [5, 5.41) is 14.2. The van der Waals surface area contributed by atoms with E-state index in [2.05, 4.69) is 10.6 Å². The second kappa shape index (κ2) is 7.21. The van der Waals surface area contributed by atoms with Gasteiger partial charge in [-0.25, -0.2) is 0 Å². The molecule has 1 rings (SSSR count). The summed E-state index contributed by atoms with van der Waals surface area (Å²) in [4.78, 5) is 23.5. The van der Waals surface area contributed by atoms with E-state index in [0.717, 1.165) is 12.1 Å². The van der Waals surface area contributed by atoms with Crippen LogP contribution < -0.4 is 10.6 Å². The molecule has 1 aromatic carbocycles. The van der Waals surface area contributed by atoms with E-state index >= 15 is 0 Å². The number of hydrogen-bond acceptors (Lipinski definition) is 3. The number of alkyl halides is 3. The van der Waals surface area contributed by atoms with Crippen LogP contribution in [0.25, 0.3) is 0 Å². The summed E-state index contributed by atoms with van der Waals surface area (Å²) >= 11 is 0. The van der Waals surface area contributed by atoms with Crippen LogP contribution >= 0.6 is 0 Å². The van der Waals surface area contributed by atoms with E-state index in [1.807, 2.05) is 0 Å². The third kappa shape index (κ3) is 5.52. The van der Waals surface area contributed by atoms with Gasteiger partial charge in [0.1, 0.15) is 0 Å². The van der Waals surface area contributed by atoms with Gasteiger partial charge in [-0.3, -0.25) is 9.59 Å². The lowest BCUT2D eigenvalue weighted by molar-refractivity contribution is -0.137. The lowest BCUT2D eigenvalue weighted by Crippen LogP contribution is -2.43. The zero-order valence-corrected chi connectivity index (χ0v) is 13.9. The molecule has 2 amide bonds. The van der Waals surface area contributed by atoms with Crippen LogP contribution in [0.5, 0.6) is 0 Å². The minimum atomic E-state index is -4.55. The number of carbonyl (C=O) groups is 2. The fourth-order valence-electron chi connectivity index (χ4n) is 1.69. The predicted molar refractivity (Wildman–Crippen MR) is 83.3 cm³/mol. The standard InChI is InChI=1S/C16H21F3N2O3/c1-9-5-6-10(16(17,18)19)7-11(9)21-14(24)13(23)20-8-12(22)15(2,3)4/h5-7,12,22H,8H2,1-4H3,(H,20,23)(H,21,24). The normalized spacial score (nSPS) is 13.3. The molecule has 0 aliphatic carbocycles. The molecule has 0 saturated carbocycles. The number of aliphatic hydroxyl groups is 1. The number of halogens is 3. The van der Waals surface area contributed by atoms with E-state index in [0.29, 0.717) is 5.56 Å². The molecule has 1 aromatic rings. The average Bonchev–Trinajstić information content (AvgIpc) is 2.44. The Bertz CT molecular complexity index is 622. The number of rotatable bonds is 3. The van der Waals surface area contributed by atoms with Gasteiger partial charge in [-0.1, -0.05) is 26.8 Å². The van der Waals surface area contributed by atoms with Crippen LogP contribution in [0.2, 0.25) is 0 Å². The van der Waals surface area contributed by atoms with Crippen molar-refractivity contribution in [2.45, 2.75) is 40.0 Å². The fraction of sp³-hybridized carbons (Fsp3) is 0.500. The zero-order valence-electron chi connectivity index (χ0n) is 13.9. The molecular weight excluding hydrogens is 325 g/mol. The number of nitrogens with one attached hydrogen (secondary N) is 2. The minimum absolute atomic E-state index is 0.0960. The molecular formula is C16H21F3N2O3. The van der Waals surface area contributed by atoms with E-state index in [9.17, 15) is 27.9 Å². The quantitative estimate of drug-likeness (QED) is 0.736. The molecule has 8 heteroatoms. The Morgan fingerprint density at radius 1 is 1.17 bits per heavy atom.